The second kappa shape index (κ2) is 10.1. The van der Waals surface area contributed by atoms with E-state index in [0.29, 0.717) is 24.6 Å². The molecule has 2 aromatic rings. The predicted octanol–water partition coefficient (Wildman–Crippen LogP) is 4.95. The molecule has 2 aromatic carbocycles. The molecule has 1 atom stereocenters. The lowest BCUT2D eigenvalue weighted by atomic mass is 9.90. The van der Waals surface area contributed by atoms with Crippen LogP contribution in [0, 0.1) is 17.0 Å². The number of ether oxygens (including phenoxy) is 2. The molecule has 0 spiro atoms. The fourth-order valence-corrected chi connectivity index (χ4v) is 3.86. The Bertz CT molecular complexity index is 1060. The second-order valence-electron chi connectivity index (χ2n) is 7.82. The summed E-state index contributed by atoms with van der Waals surface area (Å²) in [6.07, 6.45) is 1.87. The van der Waals surface area contributed by atoms with E-state index in [1.165, 1.54) is 12.5 Å². The first kappa shape index (κ1) is 23.1. The number of nitro groups is 1. The Labute approximate surface area is 188 Å². The van der Waals surface area contributed by atoms with Gasteiger partial charge in [-0.2, -0.15) is 0 Å². The summed E-state index contributed by atoms with van der Waals surface area (Å²) in [6.45, 7) is 7.88. The first-order chi connectivity index (χ1) is 15.3. The zero-order valence-corrected chi connectivity index (χ0v) is 18.8. The Morgan fingerprint density at radius 3 is 2.44 bits per heavy atom. The van der Waals surface area contributed by atoms with Crippen molar-refractivity contribution in [1.82, 2.24) is 4.90 Å². The Balaban J connectivity index is 1.89. The van der Waals surface area contributed by atoms with Gasteiger partial charge in [-0.25, -0.2) is 0 Å². The van der Waals surface area contributed by atoms with E-state index < -0.39 is 5.92 Å². The van der Waals surface area contributed by atoms with Gasteiger partial charge < -0.3 is 14.4 Å². The van der Waals surface area contributed by atoms with Crippen LogP contribution in [0.4, 0.5) is 0 Å². The number of para-hydroxylation sites is 1. The minimum Gasteiger partial charge on any atom is -0.489 e. The van der Waals surface area contributed by atoms with Crippen molar-refractivity contribution in [3.05, 3.63) is 98.5 Å². The highest BCUT2D eigenvalue weighted by molar-refractivity contribution is 5.65. The van der Waals surface area contributed by atoms with E-state index in [9.17, 15) is 14.9 Å². The Kier molecular flexibility index (Phi) is 7.30. The summed E-state index contributed by atoms with van der Waals surface area (Å²) < 4.78 is 11.1. The molecular weight excluding hydrogens is 408 g/mol. The van der Waals surface area contributed by atoms with E-state index in [4.69, 9.17) is 9.47 Å². The highest BCUT2D eigenvalue weighted by Crippen LogP contribution is 2.40. The van der Waals surface area contributed by atoms with Gasteiger partial charge in [-0.3, -0.25) is 14.9 Å². The number of carbonyl (C=O) groups excluding carboxylic acids is 1. The van der Waals surface area contributed by atoms with E-state index in [2.05, 4.69) is 0 Å². The van der Waals surface area contributed by atoms with Gasteiger partial charge in [0, 0.05) is 18.2 Å². The van der Waals surface area contributed by atoms with Crippen LogP contribution in [0.1, 0.15) is 43.4 Å². The molecular formula is C25H28N2O5. The van der Waals surface area contributed by atoms with Crippen LogP contribution < -0.4 is 4.74 Å². The van der Waals surface area contributed by atoms with Crippen LogP contribution in [0.3, 0.4) is 0 Å². The molecule has 0 bridgehead atoms. The molecule has 0 saturated carbocycles. The van der Waals surface area contributed by atoms with Gasteiger partial charge in [-0.15, -0.1) is 0 Å². The van der Waals surface area contributed by atoms with Gasteiger partial charge in [0.25, 0.3) is 5.70 Å². The van der Waals surface area contributed by atoms with Crippen molar-refractivity contribution < 1.29 is 19.2 Å². The quantitative estimate of drug-likeness (QED) is 0.331. The molecule has 1 aliphatic heterocycles. The van der Waals surface area contributed by atoms with Crippen molar-refractivity contribution in [3.63, 3.8) is 0 Å². The highest BCUT2D eigenvalue weighted by atomic mass is 16.6. The molecule has 0 fully saturated rings. The van der Waals surface area contributed by atoms with Crippen LogP contribution >= 0.6 is 0 Å². The number of hydrogen-bond acceptors (Lipinski definition) is 6. The molecule has 7 nitrogen and oxygen atoms in total. The number of esters is 1. The fourth-order valence-electron chi connectivity index (χ4n) is 3.86. The van der Waals surface area contributed by atoms with Crippen molar-refractivity contribution >= 4 is 5.97 Å². The number of carbonyl (C=O) groups is 1. The first-order valence-electron chi connectivity index (χ1n) is 10.5. The Hall–Kier alpha value is -3.61. The summed E-state index contributed by atoms with van der Waals surface area (Å²) in [6, 6.07) is 15.5. The van der Waals surface area contributed by atoms with Crippen molar-refractivity contribution in [2.75, 3.05) is 13.2 Å². The average molecular weight is 437 g/mol. The number of hydrogen-bond donors (Lipinski definition) is 0. The van der Waals surface area contributed by atoms with Crippen LogP contribution in [-0.4, -0.2) is 28.9 Å². The number of nitrogens with zero attached hydrogens (tertiary/aromatic N) is 2. The van der Waals surface area contributed by atoms with Crippen LogP contribution in [0.2, 0.25) is 0 Å². The first-order valence-corrected chi connectivity index (χ1v) is 10.5. The maximum atomic E-state index is 12.1. The van der Waals surface area contributed by atoms with E-state index in [1.807, 2.05) is 73.4 Å². The summed E-state index contributed by atoms with van der Waals surface area (Å²) in [7, 11) is 0. The zero-order chi connectivity index (χ0) is 23.3. The zero-order valence-electron chi connectivity index (χ0n) is 18.8. The van der Waals surface area contributed by atoms with Crippen LogP contribution in [-0.2, 0) is 16.1 Å². The lowest BCUT2D eigenvalue weighted by molar-refractivity contribution is -0.431. The molecule has 168 valence electrons. The molecule has 0 saturated heterocycles. The van der Waals surface area contributed by atoms with Gasteiger partial charge in [0.15, 0.2) is 0 Å². The minimum atomic E-state index is -0.552. The molecule has 32 heavy (non-hydrogen) atoms. The molecule has 0 aromatic heterocycles. The molecule has 1 aliphatic rings. The van der Waals surface area contributed by atoms with Crippen LogP contribution in [0.5, 0.6) is 5.75 Å². The molecule has 0 N–H and O–H groups in total. The number of allylic oxidation sites excluding steroid dienone is 3. The summed E-state index contributed by atoms with van der Waals surface area (Å²) in [5.74, 6) is -0.316. The smallest absolute Gasteiger partial charge is 0.302 e. The number of rotatable bonds is 8. The molecule has 1 heterocycles. The molecule has 0 amide bonds. The lowest BCUT2D eigenvalue weighted by Crippen LogP contribution is -2.32. The van der Waals surface area contributed by atoms with Gasteiger partial charge in [0.05, 0.1) is 17.2 Å². The third-order valence-corrected chi connectivity index (χ3v) is 5.49. The molecule has 0 radical (unpaired) electrons. The predicted molar refractivity (Wildman–Crippen MR) is 121 cm³/mol. The van der Waals surface area contributed by atoms with Gasteiger partial charge in [-0.1, -0.05) is 48.0 Å². The monoisotopic (exact) mass is 436 g/mol. The average Bonchev–Trinajstić information content (AvgIpc) is 2.75. The number of benzene rings is 2. The topological polar surface area (TPSA) is 81.9 Å². The SMILES string of the molecule is CC(=O)OCCN1C(C)=CC(c2ccccc2OCc2ccc(C)cc2)C([N+](=O)[O-])=C1C. The standard InChI is InChI=1S/C25H28N2O5/c1-17-9-11-21(12-10-17)16-32-24-8-6-5-7-22(24)23-15-18(2)26(13-14-31-20(4)28)19(3)25(23)27(29)30/h5-12,15,23H,13-14,16H2,1-4H3. The maximum Gasteiger partial charge on any atom is 0.302 e. The fraction of sp³-hybridized carbons (Fsp3) is 0.320. The second-order valence-corrected chi connectivity index (χ2v) is 7.82. The van der Waals surface area contributed by atoms with Crippen molar-refractivity contribution in [2.45, 2.75) is 40.2 Å². The summed E-state index contributed by atoms with van der Waals surface area (Å²) in [5, 5.41) is 12.1. The summed E-state index contributed by atoms with van der Waals surface area (Å²) in [5.41, 5.74) is 4.42. The van der Waals surface area contributed by atoms with Gasteiger partial charge >= 0.3 is 5.97 Å². The third kappa shape index (κ3) is 5.35. The van der Waals surface area contributed by atoms with E-state index >= 15 is 0 Å². The Morgan fingerprint density at radius 1 is 1.09 bits per heavy atom. The molecule has 1 unspecified atom stereocenters. The van der Waals surface area contributed by atoms with Crippen LogP contribution in [0.25, 0.3) is 0 Å². The number of aryl methyl sites for hydroxylation is 1. The lowest BCUT2D eigenvalue weighted by Gasteiger charge is -2.32. The van der Waals surface area contributed by atoms with Crippen molar-refractivity contribution in [3.8, 4) is 5.75 Å². The largest absolute Gasteiger partial charge is 0.489 e. The summed E-state index contributed by atoms with van der Waals surface area (Å²) >= 11 is 0. The Morgan fingerprint density at radius 2 is 1.78 bits per heavy atom. The minimum absolute atomic E-state index is 0.0878. The van der Waals surface area contributed by atoms with Crippen LogP contribution in [0.15, 0.2) is 71.7 Å². The molecule has 7 heteroatoms. The van der Waals surface area contributed by atoms with E-state index in [-0.39, 0.29) is 23.2 Å². The van der Waals surface area contributed by atoms with Crippen molar-refractivity contribution in [2.24, 2.45) is 0 Å². The van der Waals surface area contributed by atoms with E-state index in [1.54, 1.807) is 6.92 Å². The molecule has 3 rings (SSSR count). The normalized spacial score (nSPS) is 15.9. The molecule has 0 aliphatic carbocycles. The summed E-state index contributed by atoms with van der Waals surface area (Å²) in [4.78, 5) is 24.6. The maximum absolute atomic E-state index is 12.1. The van der Waals surface area contributed by atoms with Gasteiger partial charge in [-0.05, 0) is 38.5 Å². The third-order valence-electron chi connectivity index (χ3n) is 5.49. The van der Waals surface area contributed by atoms with E-state index in [0.717, 1.165) is 16.8 Å². The van der Waals surface area contributed by atoms with Crippen molar-refractivity contribution in [1.29, 1.82) is 0 Å². The van der Waals surface area contributed by atoms with Gasteiger partial charge in [0.2, 0.25) is 0 Å². The van der Waals surface area contributed by atoms with Gasteiger partial charge in [0.1, 0.15) is 24.9 Å². The highest BCUT2D eigenvalue weighted by Gasteiger charge is 2.36.